The fourth-order valence-corrected chi connectivity index (χ4v) is 3.24. The van der Waals surface area contributed by atoms with Crippen LogP contribution in [0.4, 0.5) is 0 Å². The number of hydrogen-bond donors (Lipinski definition) is 2. The molecule has 0 fully saturated rings. The number of halogens is 2. The van der Waals surface area contributed by atoms with E-state index >= 15 is 0 Å². The third-order valence-electron chi connectivity index (χ3n) is 3.42. The molecule has 7 heteroatoms. The van der Waals surface area contributed by atoms with Crippen LogP contribution < -0.4 is 10.6 Å². The first-order valence-electron chi connectivity index (χ1n) is 7.40. The van der Waals surface area contributed by atoms with E-state index in [2.05, 4.69) is 10.6 Å². The first kappa shape index (κ1) is 18.0. The van der Waals surface area contributed by atoms with Crippen LogP contribution in [0.15, 0.2) is 29.5 Å². The Morgan fingerprint density at radius 3 is 2.70 bits per heavy atom. The van der Waals surface area contributed by atoms with Gasteiger partial charge >= 0.3 is 5.97 Å². The van der Waals surface area contributed by atoms with Crippen molar-refractivity contribution in [2.75, 3.05) is 6.61 Å². The maximum atomic E-state index is 12.5. The van der Waals surface area contributed by atoms with Gasteiger partial charge in [-0.25, -0.2) is 4.79 Å². The lowest BCUT2D eigenvalue weighted by atomic mass is 9.94. The monoisotopic (exact) mass is 372 g/mol. The number of carbonyl (C=O) groups is 1. The smallest absolute Gasteiger partial charge is 0.338 e. The Balaban J connectivity index is 2.54. The predicted molar refractivity (Wildman–Crippen MR) is 96.6 cm³/mol. The van der Waals surface area contributed by atoms with Gasteiger partial charge in [0.15, 0.2) is 5.11 Å². The molecule has 0 bridgehead atoms. The van der Waals surface area contributed by atoms with E-state index in [0.29, 0.717) is 33.8 Å². The van der Waals surface area contributed by atoms with Crippen molar-refractivity contribution < 1.29 is 9.53 Å². The van der Waals surface area contributed by atoms with E-state index in [1.54, 1.807) is 25.1 Å². The number of carbonyl (C=O) groups excluding carboxylic acids is 1. The number of allylic oxidation sites excluding steroid dienone is 1. The molecular weight excluding hydrogens is 355 g/mol. The summed E-state index contributed by atoms with van der Waals surface area (Å²) in [6, 6.07) is 4.71. The molecule has 0 radical (unpaired) electrons. The average Bonchev–Trinajstić information content (AvgIpc) is 2.47. The zero-order valence-corrected chi connectivity index (χ0v) is 15.2. The zero-order valence-electron chi connectivity index (χ0n) is 12.9. The van der Waals surface area contributed by atoms with Crippen molar-refractivity contribution in [3.63, 3.8) is 0 Å². The molecular formula is C16H18Cl2N2O2S. The molecule has 1 aromatic rings. The Morgan fingerprint density at radius 1 is 1.35 bits per heavy atom. The molecule has 2 rings (SSSR count). The lowest BCUT2D eigenvalue weighted by Crippen LogP contribution is -2.45. The van der Waals surface area contributed by atoms with Gasteiger partial charge in [0.2, 0.25) is 0 Å². The number of nitrogens with one attached hydrogen (secondary N) is 2. The van der Waals surface area contributed by atoms with Crippen LogP contribution in [0.2, 0.25) is 10.0 Å². The number of thiocarbonyl (C=S) groups is 1. The molecule has 4 nitrogen and oxygen atoms in total. The van der Waals surface area contributed by atoms with Gasteiger partial charge in [-0.1, -0.05) is 42.6 Å². The van der Waals surface area contributed by atoms with E-state index < -0.39 is 6.04 Å². The van der Waals surface area contributed by atoms with Crippen LogP contribution in [-0.2, 0) is 9.53 Å². The first-order chi connectivity index (χ1) is 11.0. The van der Waals surface area contributed by atoms with Gasteiger partial charge in [0.05, 0.1) is 18.2 Å². The summed E-state index contributed by atoms with van der Waals surface area (Å²) < 4.78 is 5.22. The topological polar surface area (TPSA) is 50.4 Å². The quantitative estimate of drug-likeness (QED) is 0.601. The maximum Gasteiger partial charge on any atom is 0.338 e. The van der Waals surface area contributed by atoms with E-state index in [1.807, 2.05) is 6.92 Å². The summed E-state index contributed by atoms with van der Waals surface area (Å²) in [5, 5.41) is 7.63. The minimum absolute atomic E-state index is 0.299. The van der Waals surface area contributed by atoms with Crippen molar-refractivity contribution in [1.82, 2.24) is 10.6 Å². The van der Waals surface area contributed by atoms with Gasteiger partial charge in [-0.05, 0) is 43.3 Å². The summed E-state index contributed by atoms with van der Waals surface area (Å²) in [4.78, 5) is 12.5. The Hall–Kier alpha value is -1.30. The van der Waals surface area contributed by atoms with Gasteiger partial charge in [-0.2, -0.15) is 0 Å². The molecule has 0 saturated heterocycles. The summed E-state index contributed by atoms with van der Waals surface area (Å²) >= 11 is 17.6. The Labute approximate surface area is 151 Å². The predicted octanol–water partition coefficient (Wildman–Crippen LogP) is 4.13. The number of ether oxygens (including phenoxy) is 1. The van der Waals surface area contributed by atoms with E-state index in [4.69, 9.17) is 40.2 Å². The molecule has 1 atom stereocenters. The van der Waals surface area contributed by atoms with Crippen LogP contribution in [0.25, 0.3) is 0 Å². The van der Waals surface area contributed by atoms with Crippen LogP contribution in [0.3, 0.4) is 0 Å². The van der Waals surface area contributed by atoms with E-state index in [-0.39, 0.29) is 5.97 Å². The van der Waals surface area contributed by atoms with Crippen LogP contribution in [0.1, 0.15) is 38.3 Å². The molecule has 2 N–H and O–H groups in total. The largest absolute Gasteiger partial charge is 0.463 e. The summed E-state index contributed by atoms with van der Waals surface area (Å²) in [5.74, 6) is -0.380. The van der Waals surface area contributed by atoms with Crippen molar-refractivity contribution in [1.29, 1.82) is 0 Å². The number of esters is 1. The maximum absolute atomic E-state index is 12.5. The standard InChI is InChI=1S/C16H18Cl2N2O2S/c1-3-5-12-13(15(21)22-4-2)14(20-16(23)19-12)10-7-6-9(17)8-11(10)18/h6-8,14H,3-5H2,1-2H3,(H2,19,20,23)/t14-/m0/s1. The van der Waals surface area contributed by atoms with Gasteiger partial charge in [0.1, 0.15) is 0 Å². The molecule has 0 amide bonds. The van der Waals surface area contributed by atoms with Gasteiger partial charge in [0, 0.05) is 15.7 Å². The molecule has 0 saturated carbocycles. The van der Waals surface area contributed by atoms with E-state index in [9.17, 15) is 4.79 Å². The first-order valence-corrected chi connectivity index (χ1v) is 8.57. The third-order valence-corrected chi connectivity index (χ3v) is 4.20. The van der Waals surface area contributed by atoms with Crippen molar-refractivity contribution in [3.05, 3.63) is 45.1 Å². The van der Waals surface area contributed by atoms with Gasteiger partial charge < -0.3 is 15.4 Å². The average molecular weight is 373 g/mol. The highest BCUT2D eigenvalue weighted by molar-refractivity contribution is 7.80. The lowest BCUT2D eigenvalue weighted by molar-refractivity contribution is -0.139. The fourth-order valence-electron chi connectivity index (χ4n) is 2.48. The van der Waals surface area contributed by atoms with Crippen molar-refractivity contribution in [3.8, 4) is 0 Å². The molecule has 1 aromatic carbocycles. The fraction of sp³-hybridized carbons (Fsp3) is 0.375. The highest BCUT2D eigenvalue weighted by Gasteiger charge is 2.33. The minimum Gasteiger partial charge on any atom is -0.463 e. The minimum atomic E-state index is -0.464. The Kier molecular flexibility index (Phi) is 6.27. The number of rotatable bonds is 5. The summed E-state index contributed by atoms with van der Waals surface area (Å²) in [6.45, 7) is 4.11. The molecule has 0 spiro atoms. The second kappa shape index (κ2) is 7.99. The van der Waals surface area contributed by atoms with Crippen molar-refractivity contribution in [2.24, 2.45) is 0 Å². The highest BCUT2D eigenvalue weighted by atomic mass is 35.5. The molecule has 0 aliphatic carbocycles. The molecule has 0 aromatic heterocycles. The van der Waals surface area contributed by atoms with Crippen LogP contribution in [-0.4, -0.2) is 17.7 Å². The van der Waals surface area contributed by atoms with Crippen LogP contribution in [0.5, 0.6) is 0 Å². The summed E-state index contributed by atoms with van der Waals surface area (Å²) in [5.41, 5.74) is 2.01. The van der Waals surface area contributed by atoms with Gasteiger partial charge in [-0.3, -0.25) is 0 Å². The molecule has 1 aliphatic rings. The van der Waals surface area contributed by atoms with Gasteiger partial charge in [0.25, 0.3) is 0 Å². The molecule has 124 valence electrons. The Bertz CT molecular complexity index is 661. The summed E-state index contributed by atoms with van der Waals surface area (Å²) in [7, 11) is 0. The van der Waals surface area contributed by atoms with Crippen LogP contribution in [0, 0.1) is 0 Å². The number of benzene rings is 1. The Morgan fingerprint density at radius 2 is 2.09 bits per heavy atom. The normalized spacial score (nSPS) is 17.6. The SMILES string of the molecule is CCCC1=C(C(=O)OCC)[C@H](c2ccc(Cl)cc2Cl)NC(=S)N1. The van der Waals surface area contributed by atoms with E-state index in [1.165, 1.54) is 0 Å². The molecule has 23 heavy (non-hydrogen) atoms. The summed E-state index contributed by atoms with van der Waals surface area (Å²) in [6.07, 6.45) is 1.56. The zero-order chi connectivity index (χ0) is 17.0. The molecule has 1 heterocycles. The third kappa shape index (κ3) is 4.16. The van der Waals surface area contributed by atoms with Crippen molar-refractivity contribution >= 4 is 46.5 Å². The van der Waals surface area contributed by atoms with Crippen molar-refractivity contribution in [2.45, 2.75) is 32.7 Å². The van der Waals surface area contributed by atoms with Gasteiger partial charge in [-0.15, -0.1) is 0 Å². The molecule has 1 aliphatic heterocycles. The van der Waals surface area contributed by atoms with Crippen LogP contribution >= 0.6 is 35.4 Å². The highest BCUT2D eigenvalue weighted by Crippen LogP contribution is 2.34. The number of hydrogen-bond acceptors (Lipinski definition) is 3. The second-order valence-electron chi connectivity index (χ2n) is 5.06. The van der Waals surface area contributed by atoms with E-state index in [0.717, 1.165) is 17.7 Å². The second-order valence-corrected chi connectivity index (χ2v) is 6.31. The molecule has 0 unspecified atom stereocenters. The lowest BCUT2D eigenvalue weighted by Gasteiger charge is -2.31.